The van der Waals surface area contributed by atoms with Gasteiger partial charge in [-0.3, -0.25) is 0 Å². The Labute approximate surface area is 110 Å². The normalized spacial score (nSPS) is 0. The Kier molecular flexibility index (Phi) is 773. The first kappa shape index (κ1) is 87.1. The van der Waals surface area contributed by atoms with Gasteiger partial charge < -0.3 is 62.0 Å². The maximum Gasteiger partial charge on any atom is 1.00 e. The largest absolute Gasteiger partial charge is 1.00 e. The summed E-state index contributed by atoms with van der Waals surface area (Å²) in [6.45, 7) is 0. The molecule has 0 aliphatic heterocycles. The maximum absolute atomic E-state index is 0. The van der Waals surface area contributed by atoms with Gasteiger partial charge in [0.15, 0.2) is 0 Å². The van der Waals surface area contributed by atoms with Crippen LogP contribution in [0.4, 0.5) is 0 Å². The van der Waals surface area contributed by atoms with Crippen LogP contribution in [-0.2, 0) is 20.1 Å². The van der Waals surface area contributed by atoms with Crippen LogP contribution in [-0.4, -0.2) is 0 Å². The number of rotatable bonds is 0. The molecule has 1 radical (unpaired) electrons. The van der Waals surface area contributed by atoms with Crippen LogP contribution in [0.25, 0.3) is 0 Å². The van der Waals surface area contributed by atoms with Gasteiger partial charge in [0.2, 0.25) is 0 Å². The van der Waals surface area contributed by atoms with Gasteiger partial charge in [0.1, 0.15) is 0 Å². The smallest absolute Gasteiger partial charge is 1.00 e. The minimum Gasteiger partial charge on any atom is -1.00 e. The third-order valence-corrected chi connectivity index (χ3v) is 0. The van der Waals surface area contributed by atoms with Crippen molar-refractivity contribution < 1.29 is 112 Å². The summed E-state index contributed by atoms with van der Waals surface area (Å²) in [5, 5.41) is 0. The van der Waals surface area contributed by atoms with Crippen LogP contribution in [0.3, 0.4) is 0 Å². The van der Waals surface area contributed by atoms with Crippen molar-refractivity contribution in [1.29, 1.82) is 0 Å². The topological polar surface area (TPSA) is 0 Å². The zero-order valence-electron chi connectivity index (χ0n) is 3.22. The van der Waals surface area contributed by atoms with Crippen molar-refractivity contribution in [2.75, 3.05) is 0 Å². The van der Waals surface area contributed by atoms with E-state index in [1.807, 2.05) is 0 Å². The summed E-state index contributed by atoms with van der Waals surface area (Å²) < 4.78 is 0. The molecule has 0 amide bonds. The molecule has 0 bridgehead atoms. The molecule has 0 fully saturated rings. The summed E-state index contributed by atoms with van der Waals surface area (Å²) in [7, 11) is 0. The van der Waals surface area contributed by atoms with E-state index in [2.05, 4.69) is 0 Å². The quantitative estimate of drug-likeness (QED) is 0.359. The van der Waals surface area contributed by atoms with Gasteiger partial charge in [-0.05, 0) is 0 Å². The van der Waals surface area contributed by atoms with Crippen LogP contribution in [0.5, 0.6) is 0 Å². The predicted molar refractivity (Wildman–Crippen MR) is 0 cm³/mol. The molecule has 0 unspecified atom stereocenters. The minimum atomic E-state index is 0. The van der Waals surface area contributed by atoms with E-state index in [1.165, 1.54) is 0 Å². The van der Waals surface area contributed by atoms with E-state index in [-0.39, 0.29) is 112 Å². The van der Waals surface area contributed by atoms with E-state index < -0.39 is 0 Å². The van der Waals surface area contributed by atoms with Crippen molar-refractivity contribution >= 4 is 0 Å². The van der Waals surface area contributed by atoms with Gasteiger partial charge in [-0.15, -0.1) is 0 Å². The molecule has 0 atom stereocenters. The molecule has 0 rings (SSSR count). The average molecular weight is 392 g/mol. The van der Waals surface area contributed by atoms with Crippen molar-refractivity contribution in [3.63, 3.8) is 0 Å². The number of hydrogen-bond acceptors (Lipinski definition) is 0. The van der Waals surface area contributed by atoms with Gasteiger partial charge in [-0.1, -0.05) is 0 Å². The molecular formula is Cl5IrNa-4. The molecule has 7 heteroatoms. The molecule has 0 heterocycles. The van der Waals surface area contributed by atoms with Gasteiger partial charge in [0.25, 0.3) is 0 Å². The summed E-state index contributed by atoms with van der Waals surface area (Å²) in [4.78, 5) is 0. The van der Waals surface area contributed by atoms with Crippen LogP contribution in [0, 0.1) is 0 Å². The molecule has 0 saturated heterocycles. The molecule has 0 saturated carbocycles. The van der Waals surface area contributed by atoms with Crippen molar-refractivity contribution in [1.82, 2.24) is 0 Å². The van der Waals surface area contributed by atoms with E-state index in [4.69, 9.17) is 0 Å². The first-order chi connectivity index (χ1) is 0. The van der Waals surface area contributed by atoms with Crippen molar-refractivity contribution in [2.45, 2.75) is 0 Å². The Bertz CT molecular complexity index is 8.04. The van der Waals surface area contributed by atoms with Crippen LogP contribution in [0.1, 0.15) is 0 Å². The Morgan fingerprint density at radius 3 is 0.429 bits per heavy atom. The van der Waals surface area contributed by atoms with E-state index in [0.717, 1.165) is 0 Å². The van der Waals surface area contributed by atoms with Crippen LogP contribution >= 0.6 is 0 Å². The second kappa shape index (κ2) is 62.1. The number of hydrogen-bond donors (Lipinski definition) is 0. The minimum absolute atomic E-state index is 0. The monoisotopic (exact) mass is 391 g/mol. The molecule has 0 aliphatic rings. The second-order valence-electron chi connectivity index (χ2n) is 0. The van der Waals surface area contributed by atoms with Crippen molar-refractivity contribution in [2.24, 2.45) is 0 Å². The van der Waals surface area contributed by atoms with Gasteiger partial charge in [-0.25, -0.2) is 0 Å². The summed E-state index contributed by atoms with van der Waals surface area (Å²) in [5.74, 6) is 0. The first-order valence-electron chi connectivity index (χ1n) is 0. The van der Waals surface area contributed by atoms with Crippen LogP contribution < -0.4 is 91.6 Å². The maximum atomic E-state index is 0. The first-order valence-corrected chi connectivity index (χ1v) is 0. The van der Waals surface area contributed by atoms with Gasteiger partial charge in [0, 0.05) is 20.1 Å². The Morgan fingerprint density at radius 2 is 0.429 bits per heavy atom. The Morgan fingerprint density at radius 1 is 0.429 bits per heavy atom. The molecule has 49 valence electrons. The summed E-state index contributed by atoms with van der Waals surface area (Å²) in [6.07, 6.45) is 0. The van der Waals surface area contributed by atoms with Gasteiger partial charge >= 0.3 is 29.6 Å². The summed E-state index contributed by atoms with van der Waals surface area (Å²) in [5.41, 5.74) is 0. The van der Waals surface area contributed by atoms with E-state index in [1.54, 1.807) is 0 Å². The molecule has 7 heavy (non-hydrogen) atoms. The SMILES string of the molecule is [Cl-].[Cl-].[Cl-].[Cl-].[Cl-].[Ir].[Na+]. The number of halogens is 5. The van der Waals surface area contributed by atoms with Crippen molar-refractivity contribution in [3.05, 3.63) is 0 Å². The molecule has 0 spiro atoms. The summed E-state index contributed by atoms with van der Waals surface area (Å²) >= 11 is 0. The van der Waals surface area contributed by atoms with Crippen LogP contribution in [0.2, 0.25) is 0 Å². The zero-order valence-corrected chi connectivity index (χ0v) is 11.4. The summed E-state index contributed by atoms with van der Waals surface area (Å²) in [6, 6.07) is 0. The van der Waals surface area contributed by atoms with E-state index in [9.17, 15) is 0 Å². The Hall–Kier alpha value is 3.10. The molecule has 0 aromatic rings. The predicted octanol–water partition coefficient (Wildman–Crippen LogP) is -18.0. The third-order valence-electron chi connectivity index (χ3n) is 0. The molecular weight excluding hydrogens is 392 g/mol. The molecule has 0 aromatic carbocycles. The van der Waals surface area contributed by atoms with Crippen molar-refractivity contribution in [3.8, 4) is 0 Å². The van der Waals surface area contributed by atoms with Crippen LogP contribution in [0.15, 0.2) is 0 Å². The molecule has 0 aromatic heterocycles. The standard InChI is InChI=1S/5ClH.Ir.Na/h5*1H;;/q;;;;;;+1/p-5. The third kappa shape index (κ3) is 47.7. The fraction of sp³-hybridized carbons (Fsp3) is 0. The Balaban J connectivity index is 0. The molecule has 0 aliphatic carbocycles. The fourth-order valence-electron chi connectivity index (χ4n) is 0. The van der Waals surface area contributed by atoms with E-state index >= 15 is 0 Å². The van der Waals surface area contributed by atoms with Gasteiger partial charge in [-0.2, -0.15) is 0 Å². The van der Waals surface area contributed by atoms with E-state index in [0.29, 0.717) is 0 Å². The second-order valence-corrected chi connectivity index (χ2v) is 0. The molecule has 0 nitrogen and oxygen atoms in total. The average Bonchev–Trinajstić information content (AvgIpc) is 0. The zero-order chi connectivity index (χ0) is 0. The molecule has 0 N–H and O–H groups in total. The van der Waals surface area contributed by atoms with Gasteiger partial charge in [0.05, 0.1) is 0 Å². The fourth-order valence-corrected chi connectivity index (χ4v) is 0.